The third kappa shape index (κ3) is 1.54. The molecule has 0 aromatic carbocycles. The number of aliphatic carboxylic acids is 1. The van der Waals surface area contributed by atoms with Crippen LogP contribution in [0.25, 0.3) is 0 Å². The lowest BCUT2D eigenvalue weighted by Crippen LogP contribution is -2.33. The molecule has 0 spiro atoms. The summed E-state index contributed by atoms with van der Waals surface area (Å²) in [5.74, 6) is -0.179. The topological polar surface area (TPSA) is 59.4 Å². The Bertz CT molecular complexity index is 397. The van der Waals surface area contributed by atoms with Crippen LogP contribution in [0.4, 0.5) is 0 Å². The van der Waals surface area contributed by atoms with Gasteiger partial charge in [-0.05, 0) is 18.9 Å². The summed E-state index contributed by atoms with van der Waals surface area (Å²) >= 11 is 0. The average Bonchev–Trinajstić information content (AvgIpc) is 2.79. The molecule has 1 saturated carbocycles. The third-order valence-electron chi connectivity index (χ3n) is 3.39. The SMILES string of the molecule is COc1cnccc1C1(C(=O)O)CCCC1. The van der Waals surface area contributed by atoms with E-state index in [1.165, 1.54) is 0 Å². The van der Waals surface area contributed by atoms with Gasteiger partial charge in [-0.25, -0.2) is 0 Å². The van der Waals surface area contributed by atoms with Gasteiger partial charge in [0.15, 0.2) is 0 Å². The number of carboxylic acid groups (broad SMARTS) is 1. The van der Waals surface area contributed by atoms with Gasteiger partial charge >= 0.3 is 5.97 Å². The number of hydrogen-bond acceptors (Lipinski definition) is 3. The molecule has 4 nitrogen and oxygen atoms in total. The summed E-state index contributed by atoms with van der Waals surface area (Å²) in [5, 5.41) is 9.46. The molecule has 1 fully saturated rings. The van der Waals surface area contributed by atoms with Crippen molar-refractivity contribution < 1.29 is 14.6 Å². The maximum absolute atomic E-state index is 11.5. The van der Waals surface area contributed by atoms with Crippen molar-refractivity contribution >= 4 is 5.97 Å². The van der Waals surface area contributed by atoms with Crippen LogP contribution in [-0.2, 0) is 10.2 Å². The van der Waals surface area contributed by atoms with Crippen LogP contribution in [0.2, 0.25) is 0 Å². The van der Waals surface area contributed by atoms with Crippen LogP contribution in [-0.4, -0.2) is 23.2 Å². The van der Waals surface area contributed by atoms with Gasteiger partial charge in [0.1, 0.15) is 5.75 Å². The van der Waals surface area contributed by atoms with E-state index in [0.717, 1.165) is 18.4 Å². The highest BCUT2D eigenvalue weighted by molar-refractivity contribution is 5.82. The van der Waals surface area contributed by atoms with E-state index in [1.807, 2.05) is 0 Å². The zero-order chi connectivity index (χ0) is 11.6. The average molecular weight is 221 g/mol. The van der Waals surface area contributed by atoms with Gasteiger partial charge in [0, 0.05) is 11.8 Å². The zero-order valence-corrected chi connectivity index (χ0v) is 9.27. The van der Waals surface area contributed by atoms with Gasteiger partial charge in [-0.1, -0.05) is 12.8 Å². The van der Waals surface area contributed by atoms with Crippen LogP contribution in [0, 0.1) is 0 Å². The number of methoxy groups -OCH3 is 1. The van der Waals surface area contributed by atoms with Crippen LogP contribution in [0.3, 0.4) is 0 Å². The van der Waals surface area contributed by atoms with Crippen LogP contribution in [0.1, 0.15) is 31.2 Å². The summed E-state index contributed by atoms with van der Waals surface area (Å²) in [6, 6.07) is 1.76. The van der Waals surface area contributed by atoms with E-state index in [9.17, 15) is 9.90 Å². The van der Waals surface area contributed by atoms with E-state index in [0.29, 0.717) is 18.6 Å². The zero-order valence-electron chi connectivity index (χ0n) is 9.27. The van der Waals surface area contributed by atoms with E-state index < -0.39 is 11.4 Å². The van der Waals surface area contributed by atoms with E-state index in [1.54, 1.807) is 25.6 Å². The second-order valence-corrected chi connectivity index (χ2v) is 4.17. The van der Waals surface area contributed by atoms with E-state index in [2.05, 4.69) is 4.98 Å². The van der Waals surface area contributed by atoms with Crippen molar-refractivity contribution in [2.75, 3.05) is 7.11 Å². The Morgan fingerprint density at radius 1 is 1.50 bits per heavy atom. The second kappa shape index (κ2) is 4.12. The summed E-state index contributed by atoms with van der Waals surface area (Å²) in [7, 11) is 1.55. The normalized spacial score (nSPS) is 18.3. The molecule has 1 aliphatic rings. The van der Waals surface area contributed by atoms with E-state index in [-0.39, 0.29) is 0 Å². The molecular weight excluding hydrogens is 206 g/mol. The monoisotopic (exact) mass is 221 g/mol. The fraction of sp³-hybridized carbons (Fsp3) is 0.500. The molecule has 0 bridgehead atoms. The second-order valence-electron chi connectivity index (χ2n) is 4.17. The summed E-state index contributed by atoms with van der Waals surface area (Å²) in [4.78, 5) is 15.5. The third-order valence-corrected chi connectivity index (χ3v) is 3.39. The molecule has 86 valence electrons. The Morgan fingerprint density at radius 2 is 2.19 bits per heavy atom. The summed E-state index contributed by atoms with van der Waals surface area (Å²) in [6.07, 6.45) is 6.49. The molecule has 1 aromatic heterocycles. The Morgan fingerprint density at radius 3 is 2.75 bits per heavy atom. The van der Waals surface area contributed by atoms with E-state index in [4.69, 9.17) is 4.74 Å². The predicted molar refractivity (Wildman–Crippen MR) is 58.6 cm³/mol. The number of aromatic nitrogens is 1. The lowest BCUT2D eigenvalue weighted by molar-refractivity contribution is -0.143. The highest BCUT2D eigenvalue weighted by Gasteiger charge is 2.44. The van der Waals surface area contributed by atoms with Gasteiger partial charge in [0.05, 0.1) is 18.7 Å². The van der Waals surface area contributed by atoms with Gasteiger partial charge in [-0.2, -0.15) is 0 Å². The molecule has 1 heterocycles. The molecule has 0 atom stereocenters. The Labute approximate surface area is 94.3 Å². The number of ether oxygens (including phenoxy) is 1. The summed E-state index contributed by atoms with van der Waals surface area (Å²) < 4.78 is 5.21. The van der Waals surface area contributed by atoms with Crippen LogP contribution >= 0.6 is 0 Å². The molecule has 2 rings (SSSR count). The van der Waals surface area contributed by atoms with Crippen molar-refractivity contribution in [3.63, 3.8) is 0 Å². The first-order valence-corrected chi connectivity index (χ1v) is 5.42. The maximum atomic E-state index is 11.5. The molecule has 0 unspecified atom stereocenters. The molecule has 16 heavy (non-hydrogen) atoms. The molecule has 1 aromatic rings. The first-order chi connectivity index (χ1) is 7.70. The highest BCUT2D eigenvalue weighted by atomic mass is 16.5. The molecule has 0 aliphatic heterocycles. The number of carbonyl (C=O) groups is 1. The standard InChI is InChI=1S/C12H15NO3/c1-16-10-8-13-7-4-9(10)12(11(14)15)5-2-3-6-12/h4,7-8H,2-3,5-6H2,1H3,(H,14,15). The Hall–Kier alpha value is -1.58. The van der Waals surface area contributed by atoms with Crippen LogP contribution < -0.4 is 4.74 Å². The lowest BCUT2D eigenvalue weighted by atomic mass is 9.79. The molecule has 0 amide bonds. The van der Waals surface area contributed by atoms with Crippen molar-refractivity contribution in [2.45, 2.75) is 31.1 Å². The molecule has 0 saturated heterocycles. The fourth-order valence-corrected chi connectivity index (χ4v) is 2.51. The van der Waals surface area contributed by atoms with Crippen molar-refractivity contribution in [3.8, 4) is 5.75 Å². The largest absolute Gasteiger partial charge is 0.495 e. The van der Waals surface area contributed by atoms with Gasteiger partial charge in [-0.15, -0.1) is 0 Å². The van der Waals surface area contributed by atoms with E-state index >= 15 is 0 Å². The lowest BCUT2D eigenvalue weighted by Gasteiger charge is -2.25. The molecule has 1 aliphatic carbocycles. The Balaban J connectivity index is 2.51. The van der Waals surface area contributed by atoms with Gasteiger partial charge in [0.2, 0.25) is 0 Å². The number of pyridine rings is 1. The van der Waals surface area contributed by atoms with Crippen molar-refractivity contribution in [2.24, 2.45) is 0 Å². The number of hydrogen-bond donors (Lipinski definition) is 1. The predicted octanol–water partition coefficient (Wildman–Crippen LogP) is 1.99. The van der Waals surface area contributed by atoms with Crippen molar-refractivity contribution in [1.82, 2.24) is 4.98 Å². The molecular formula is C12H15NO3. The molecule has 4 heteroatoms. The molecule has 1 N–H and O–H groups in total. The summed E-state index contributed by atoms with van der Waals surface area (Å²) in [5.41, 5.74) is -0.0103. The van der Waals surface area contributed by atoms with Gasteiger partial charge < -0.3 is 9.84 Å². The van der Waals surface area contributed by atoms with Gasteiger partial charge in [-0.3, -0.25) is 9.78 Å². The quantitative estimate of drug-likeness (QED) is 0.847. The minimum absolute atomic E-state index is 0.576. The Kier molecular flexibility index (Phi) is 2.81. The van der Waals surface area contributed by atoms with Gasteiger partial charge in [0.25, 0.3) is 0 Å². The number of nitrogens with zero attached hydrogens (tertiary/aromatic N) is 1. The van der Waals surface area contributed by atoms with Crippen molar-refractivity contribution in [3.05, 3.63) is 24.0 Å². The minimum Gasteiger partial charge on any atom is -0.495 e. The number of carboxylic acids is 1. The first-order valence-electron chi connectivity index (χ1n) is 5.42. The fourth-order valence-electron chi connectivity index (χ4n) is 2.51. The minimum atomic E-state index is -0.770. The van der Waals surface area contributed by atoms with Crippen LogP contribution in [0.15, 0.2) is 18.5 Å². The first kappa shape index (κ1) is 10.9. The maximum Gasteiger partial charge on any atom is 0.314 e. The highest BCUT2D eigenvalue weighted by Crippen LogP contribution is 2.44. The van der Waals surface area contributed by atoms with Crippen LogP contribution in [0.5, 0.6) is 5.75 Å². The summed E-state index contributed by atoms with van der Waals surface area (Å²) in [6.45, 7) is 0. The number of rotatable bonds is 3. The molecule has 0 radical (unpaired) electrons. The van der Waals surface area contributed by atoms with Crippen molar-refractivity contribution in [1.29, 1.82) is 0 Å². The smallest absolute Gasteiger partial charge is 0.314 e.